The van der Waals surface area contributed by atoms with Crippen LogP contribution in [-0.2, 0) is 19.5 Å². The van der Waals surface area contributed by atoms with Crippen LogP contribution in [0.2, 0.25) is 5.15 Å². The third-order valence-corrected chi connectivity index (χ3v) is 6.10. The van der Waals surface area contributed by atoms with Crippen molar-refractivity contribution in [2.45, 2.75) is 45.7 Å². The van der Waals surface area contributed by atoms with Gasteiger partial charge in [-0.05, 0) is 37.2 Å². The van der Waals surface area contributed by atoms with Crippen LogP contribution in [0.1, 0.15) is 43.3 Å². The van der Waals surface area contributed by atoms with Gasteiger partial charge in [-0.1, -0.05) is 55.3 Å². The number of aryl methyl sites for hydroxylation is 1. The van der Waals surface area contributed by atoms with Crippen molar-refractivity contribution in [2.24, 2.45) is 10.8 Å². The summed E-state index contributed by atoms with van der Waals surface area (Å²) in [5.74, 6) is 1.02. The van der Waals surface area contributed by atoms with E-state index in [0.29, 0.717) is 5.15 Å². The van der Waals surface area contributed by atoms with Crippen LogP contribution in [0.5, 0.6) is 0 Å². The van der Waals surface area contributed by atoms with E-state index in [1.54, 1.807) is 6.21 Å². The number of hydrogen-bond donors (Lipinski definition) is 2. The van der Waals surface area contributed by atoms with Crippen LogP contribution in [0.3, 0.4) is 0 Å². The largest absolute Gasteiger partial charge is 0.375 e. The number of hydrazone groups is 1. The molecule has 0 bridgehead atoms. The zero-order chi connectivity index (χ0) is 22.8. The fourth-order valence-electron chi connectivity index (χ4n) is 4.00. The summed E-state index contributed by atoms with van der Waals surface area (Å²) in [7, 11) is 0. The van der Waals surface area contributed by atoms with Crippen molar-refractivity contribution in [1.82, 2.24) is 24.8 Å². The monoisotopic (exact) mass is 475 g/mol. The number of nitrogens with two attached hydrogens (primary N) is 1. The van der Waals surface area contributed by atoms with Gasteiger partial charge in [-0.2, -0.15) is 5.10 Å². The SMILES string of the molecule is CCCCc1nc(Cl)c(/C=N/NC(N)=S)n1CCCN1CCN(Cc2ccccc2)CC1. The second kappa shape index (κ2) is 12.9. The van der Waals surface area contributed by atoms with E-state index in [4.69, 9.17) is 29.6 Å². The smallest absolute Gasteiger partial charge is 0.184 e. The molecule has 32 heavy (non-hydrogen) atoms. The molecule has 1 aliphatic heterocycles. The first-order valence-corrected chi connectivity index (χ1v) is 12.2. The van der Waals surface area contributed by atoms with Gasteiger partial charge in [0, 0.05) is 45.7 Å². The normalized spacial score (nSPS) is 15.4. The number of halogens is 1. The Hall–Kier alpha value is -2.00. The Balaban J connectivity index is 1.52. The third-order valence-electron chi connectivity index (χ3n) is 5.73. The van der Waals surface area contributed by atoms with Gasteiger partial charge in [0.05, 0.1) is 6.21 Å². The minimum absolute atomic E-state index is 0.126. The summed E-state index contributed by atoms with van der Waals surface area (Å²) in [6.45, 7) is 9.55. The van der Waals surface area contributed by atoms with Crippen LogP contribution in [-0.4, -0.2) is 63.4 Å². The second-order valence-corrected chi connectivity index (χ2v) is 8.95. The van der Waals surface area contributed by atoms with Crippen molar-refractivity contribution in [3.63, 3.8) is 0 Å². The molecule has 2 aromatic rings. The fourth-order valence-corrected chi connectivity index (χ4v) is 4.30. The first-order chi connectivity index (χ1) is 15.6. The van der Waals surface area contributed by atoms with Gasteiger partial charge in [0.2, 0.25) is 0 Å². The van der Waals surface area contributed by atoms with Gasteiger partial charge in [0.15, 0.2) is 10.3 Å². The molecule has 1 aromatic heterocycles. The topological polar surface area (TPSA) is 74.7 Å². The molecule has 0 amide bonds. The van der Waals surface area contributed by atoms with E-state index >= 15 is 0 Å². The molecule has 0 saturated carbocycles. The molecule has 1 aliphatic rings. The predicted octanol–water partition coefficient (Wildman–Crippen LogP) is 3.25. The van der Waals surface area contributed by atoms with Gasteiger partial charge in [0.25, 0.3) is 0 Å². The zero-order valence-electron chi connectivity index (χ0n) is 18.8. The van der Waals surface area contributed by atoms with Gasteiger partial charge in [-0.25, -0.2) is 4.98 Å². The van der Waals surface area contributed by atoms with Crippen LogP contribution in [0, 0.1) is 0 Å². The Labute approximate surface area is 201 Å². The quantitative estimate of drug-likeness (QED) is 0.295. The van der Waals surface area contributed by atoms with E-state index in [9.17, 15) is 0 Å². The van der Waals surface area contributed by atoms with E-state index in [1.807, 2.05) is 0 Å². The maximum Gasteiger partial charge on any atom is 0.184 e. The molecular formula is C23H34ClN7S. The summed E-state index contributed by atoms with van der Waals surface area (Å²) in [5, 5.41) is 4.69. The molecule has 0 atom stereocenters. The molecule has 9 heteroatoms. The van der Waals surface area contributed by atoms with Crippen molar-refractivity contribution in [2.75, 3.05) is 32.7 Å². The van der Waals surface area contributed by atoms with Gasteiger partial charge >= 0.3 is 0 Å². The van der Waals surface area contributed by atoms with E-state index in [-0.39, 0.29) is 5.11 Å². The number of rotatable bonds is 11. The molecule has 3 rings (SSSR count). The average Bonchev–Trinajstić information content (AvgIpc) is 3.08. The first-order valence-electron chi connectivity index (χ1n) is 11.4. The van der Waals surface area contributed by atoms with Crippen LogP contribution in [0.4, 0.5) is 0 Å². The van der Waals surface area contributed by atoms with E-state index in [2.05, 4.69) is 67.1 Å². The minimum atomic E-state index is 0.126. The van der Waals surface area contributed by atoms with E-state index in [1.165, 1.54) is 5.56 Å². The molecule has 0 spiro atoms. The molecule has 1 fully saturated rings. The molecule has 1 aromatic carbocycles. The van der Waals surface area contributed by atoms with Gasteiger partial charge in [-0.15, -0.1) is 0 Å². The number of benzene rings is 1. The molecule has 0 unspecified atom stereocenters. The van der Waals surface area contributed by atoms with Crippen molar-refractivity contribution in [3.05, 3.63) is 52.6 Å². The number of aromatic nitrogens is 2. The number of thiocarbonyl (C=S) groups is 1. The Morgan fingerprint density at radius 1 is 1.16 bits per heavy atom. The van der Waals surface area contributed by atoms with E-state index in [0.717, 1.165) is 83.0 Å². The second-order valence-electron chi connectivity index (χ2n) is 8.15. The standard InChI is InChI=1S/C23H34ClN7S/c1-2-3-10-21-27-22(24)20(17-26-28-23(25)32)31(21)12-7-11-29-13-15-30(16-14-29)18-19-8-5-4-6-9-19/h4-6,8-9,17H,2-3,7,10-16,18H2,1H3,(H3,25,28,32)/b26-17+. The molecule has 1 saturated heterocycles. The Morgan fingerprint density at radius 3 is 2.56 bits per heavy atom. The van der Waals surface area contributed by atoms with Crippen molar-refractivity contribution in [3.8, 4) is 0 Å². The zero-order valence-corrected chi connectivity index (χ0v) is 20.4. The summed E-state index contributed by atoms with van der Waals surface area (Å²) >= 11 is 11.2. The summed E-state index contributed by atoms with van der Waals surface area (Å²) < 4.78 is 2.19. The van der Waals surface area contributed by atoms with Crippen LogP contribution in [0.15, 0.2) is 35.4 Å². The number of imidazole rings is 1. The maximum atomic E-state index is 6.42. The van der Waals surface area contributed by atoms with Crippen LogP contribution >= 0.6 is 23.8 Å². The molecule has 2 heterocycles. The first kappa shape index (κ1) is 24.6. The summed E-state index contributed by atoms with van der Waals surface area (Å²) in [6.07, 6.45) is 5.80. The lowest BCUT2D eigenvalue weighted by Gasteiger charge is -2.34. The molecule has 3 N–H and O–H groups in total. The maximum absolute atomic E-state index is 6.42. The predicted molar refractivity (Wildman–Crippen MR) is 136 cm³/mol. The Kier molecular flexibility index (Phi) is 9.92. The summed E-state index contributed by atoms with van der Waals surface area (Å²) in [5.41, 5.74) is 10.2. The average molecular weight is 476 g/mol. The number of nitrogens with one attached hydrogen (secondary N) is 1. The number of nitrogens with zero attached hydrogens (tertiary/aromatic N) is 5. The minimum Gasteiger partial charge on any atom is -0.375 e. The van der Waals surface area contributed by atoms with Gasteiger partial charge in [-0.3, -0.25) is 10.3 Å². The van der Waals surface area contributed by atoms with Crippen molar-refractivity contribution in [1.29, 1.82) is 0 Å². The van der Waals surface area contributed by atoms with Gasteiger partial charge in [0.1, 0.15) is 11.5 Å². The lowest BCUT2D eigenvalue weighted by atomic mass is 10.2. The lowest BCUT2D eigenvalue weighted by Crippen LogP contribution is -2.46. The molecule has 0 radical (unpaired) electrons. The molecular weight excluding hydrogens is 442 g/mol. The van der Waals surface area contributed by atoms with Gasteiger partial charge < -0.3 is 15.2 Å². The highest BCUT2D eigenvalue weighted by Gasteiger charge is 2.18. The van der Waals surface area contributed by atoms with Crippen LogP contribution < -0.4 is 11.2 Å². The Morgan fingerprint density at radius 2 is 1.88 bits per heavy atom. The number of piperazine rings is 1. The molecule has 0 aliphatic carbocycles. The fraction of sp³-hybridized carbons (Fsp3) is 0.522. The Bertz CT molecular complexity index is 876. The molecule has 7 nitrogen and oxygen atoms in total. The van der Waals surface area contributed by atoms with Crippen molar-refractivity contribution >= 4 is 35.1 Å². The van der Waals surface area contributed by atoms with Crippen molar-refractivity contribution < 1.29 is 0 Å². The summed E-state index contributed by atoms with van der Waals surface area (Å²) in [4.78, 5) is 9.67. The third kappa shape index (κ3) is 7.55. The number of unbranched alkanes of at least 4 members (excludes halogenated alkanes) is 1. The molecule has 174 valence electrons. The highest BCUT2D eigenvalue weighted by atomic mass is 35.5. The summed E-state index contributed by atoms with van der Waals surface area (Å²) in [6, 6.07) is 10.7. The highest BCUT2D eigenvalue weighted by Crippen LogP contribution is 2.18. The van der Waals surface area contributed by atoms with Crippen LogP contribution in [0.25, 0.3) is 0 Å². The van der Waals surface area contributed by atoms with E-state index < -0.39 is 0 Å². The highest BCUT2D eigenvalue weighted by molar-refractivity contribution is 7.80. The number of hydrogen-bond acceptors (Lipinski definition) is 5. The lowest BCUT2D eigenvalue weighted by molar-refractivity contribution is 0.125.